The van der Waals surface area contributed by atoms with E-state index in [9.17, 15) is 13.2 Å². The first-order valence-electron chi connectivity index (χ1n) is 8.67. The molecule has 1 aromatic rings. The number of thiophene rings is 1. The Balaban J connectivity index is 1.63. The van der Waals surface area contributed by atoms with E-state index >= 15 is 0 Å². The minimum Gasteiger partial charge on any atom is -0.333 e. The lowest BCUT2D eigenvalue weighted by atomic mass is 10.0. The van der Waals surface area contributed by atoms with Gasteiger partial charge in [0.05, 0.1) is 23.8 Å². The highest BCUT2D eigenvalue weighted by atomic mass is 32.2. The molecule has 1 aliphatic heterocycles. The Hall–Kier alpha value is -0.530. The number of sulfone groups is 1. The van der Waals surface area contributed by atoms with Crippen LogP contribution < -0.4 is 0 Å². The Kier molecular flexibility index (Phi) is 6.27. The van der Waals surface area contributed by atoms with E-state index in [4.69, 9.17) is 0 Å². The predicted octanol–water partition coefficient (Wildman–Crippen LogP) is 3.33. The Morgan fingerprint density at radius 2 is 2.04 bits per heavy atom. The molecule has 1 unspecified atom stereocenters. The lowest BCUT2D eigenvalue weighted by Crippen LogP contribution is -2.41. The largest absolute Gasteiger partial charge is 0.333 e. The van der Waals surface area contributed by atoms with Gasteiger partial charge in [-0.25, -0.2) is 8.42 Å². The summed E-state index contributed by atoms with van der Waals surface area (Å²) in [6, 6.07) is 3.84. The summed E-state index contributed by atoms with van der Waals surface area (Å²) >= 11 is 3.39. The van der Waals surface area contributed by atoms with Gasteiger partial charge in [0.15, 0.2) is 9.84 Å². The summed E-state index contributed by atoms with van der Waals surface area (Å²) in [6.45, 7) is 0.544. The third-order valence-electron chi connectivity index (χ3n) is 4.87. The SMILES string of the molecule is O=C(CSC1CCCCC1)N(Cc1cccs1)C1CCS(=O)(=O)C1. The van der Waals surface area contributed by atoms with Crippen molar-refractivity contribution in [1.29, 1.82) is 0 Å². The molecular formula is C17H25NO3S3. The predicted molar refractivity (Wildman–Crippen MR) is 101 cm³/mol. The van der Waals surface area contributed by atoms with Gasteiger partial charge < -0.3 is 4.90 Å². The third-order valence-corrected chi connectivity index (χ3v) is 8.84. The van der Waals surface area contributed by atoms with Gasteiger partial charge in [0.2, 0.25) is 5.91 Å². The molecule has 134 valence electrons. The average molecular weight is 388 g/mol. The number of rotatable bonds is 6. The number of hydrogen-bond donors (Lipinski definition) is 0. The quantitative estimate of drug-likeness (QED) is 0.751. The summed E-state index contributed by atoms with van der Waals surface area (Å²) in [5.41, 5.74) is 0. The Morgan fingerprint density at radius 1 is 1.25 bits per heavy atom. The van der Waals surface area contributed by atoms with Crippen molar-refractivity contribution in [1.82, 2.24) is 4.90 Å². The van der Waals surface area contributed by atoms with Crippen LogP contribution in [0.15, 0.2) is 17.5 Å². The molecule has 24 heavy (non-hydrogen) atoms. The van der Waals surface area contributed by atoms with E-state index in [2.05, 4.69) is 0 Å². The van der Waals surface area contributed by atoms with Gasteiger partial charge >= 0.3 is 0 Å². The third kappa shape index (κ3) is 4.99. The Labute approximate surface area is 152 Å². The van der Waals surface area contributed by atoms with Crippen LogP contribution in [0.3, 0.4) is 0 Å². The van der Waals surface area contributed by atoms with Crippen molar-refractivity contribution in [3.63, 3.8) is 0 Å². The van der Waals surface area contributed by atoms with Crippen molar-refractivity contribution >= 4 is 38.8 Å². The first-order chi connectivity index (χ1) is 11.5. The van der Waals surface area contributed by atoms with E-state index < -0.39 is 9.84 Å². The van der Waals surface area contributed by atoms with Gasteiger partial charge in [-0.1, -0.05) is 25.3 Å². The van der Waals surface area contributed by atoms with E-state index in [1.807, 2.05) is 22.4 Å². The molecule has 0 spiro atoms. The molecule has 1 amide bonds. The van der Waals surface area contributed by atoms with Crippen LogP contribution in [0.2, 0.25) is 0 Å². The lowest BCUT2D eigenvalue weighted by molar-refractivity contribution is -0.130. The van der Waals surface area contributed by atoms with Crippen molar-refractivity contribution in [2.45, 2.75) is 56.4 Å². The molecule has 0 N–H and O–H groups in total. The fraction of sp³-hybridized carbons (Fsp3) is 0.706. The van der Waals surface area contributed by atoms with E-state index in [0.29, 0.717) is 24.0 Å². The maximum atomic E-state index is 12.8. The highest BCUT2D eigenvalue weighted by molar-refractivity contribution is 8.00. The number of nitrogens with zero attached hydrogens (tertiary/aromatic N) is 1. The fourth-order valence-corrected chi connectivity index (χ4v) is 7.16. The Morgan fingerprint density at radius 3 is 2.67 bits per heavy atom. The van der Waals surface area contributed by atoms with Crippen LogP contribution in [0.5, 0.6) is 0 Å². The van der Waals surface area contributed by atoms with E-state index in [-0.39, 0.29) is 23.5 Å². The van der Waals surface area contributed by atoms with E-state index in [1.54, 1.807) is 23.1 Å². The van der Waals surface area contributed by atoms with Gasteiger partial charge in [-0.2, -0.15) is 0 Å². The highest BCUT2D eigenvalue weighted by Gasteiger charge is 2.35. The molecule has 4 nitrogen and oxygen atoms in total. The molecule has 0 bridgehead atoms. The van der Waals surface area contributed by atoms with Crippen LogP contribution in [-0.4, -0.2) is 47.8 Å². The molecular weight excluding hydrogens is 362 g/mol. The van der Waals surface area contributed by atoms with E-state index in [0.717, 1.165) is 4.88 Å². The van der Waals surface area contributed by atoms with Crippen LogP contribution >= 0.6 is 23.1 Å². The maximum Gasteiger partial charge on any atom is 0.233 e. The van der Waals surface area contributed by atoms with Crippen molar-refractivity contribution in [3.8, 4) is 0 Å². The molecule has 1 aliphatic carbocycles. The summed E-state index contributed by atoms with van der Waals surface area (Å²) in [6.07, 6.45) is 6.85. The lowest BCUT2D eigenvalue weighted by Gasteiger charge is -2.29. The van der Waals surface area contributed by atoms with E-state index in [1.165, 1.54) is 32.1 Å². The topological polar surface area (TPSA) is 54.5 Å². The summed E-state index contributed by atoms with van der Waals surface area (Å²) in [7, 11) is -2.99. The van der Waals surface area contributed by atoms with Crippen LogP contribution in [0.4, 0.5) is 0 Å². The summed E-state index contributed by atoms with van der Waals surface area (Å²) in [5, 5.41) is 2.60. The Bertz CT molecular complexity index is 636. The first-order valence-corrected chi connectivity index (χ1v) is 12.4. The summed E-state index contributed by atoms with van der Waals surface area (Å²) in [5.74, 6) is 0.910. The van der Waals surface area contributed by atoms with Crippen LogP contribution in [0.1, 0.15) is 43.4 Å². The molecule has 1 atom stereocenters. The molecule has 1 aromatic heterocycles. The molecule has 0 radical (unpaired) electrons. The molecule has 1 saturated heterocycles. The monoisotopic (exact) mass is 387 g/mol. The highest BCUT2D eigenvalue weighted by Crippen LogP contribution is 2.29. The summed E-state index contributed by atoms with van der Waals surface area (Å²) < 4.78 is 23.7. The van der Waals surface area contributed by atoms with Gasteiger partial charge in [0.25, 0.3) is 0 Å². The van der Waals surface area contributed by atoms with Gasteiger partial charge in [0.1, 0.15) is 0 Å². The number of carbonyl (C=O) groups is 1. The average Bonchev–Trinajstić information content (AvgIpc) is 3.20. The van der Waals surface area contributed by atoms with Gasteiger partial charge in [0, 0.05) is 16.2 Å². The smallest absolute Gasteiger partial charge is 0.233 e. The van der Waals surface area contributed by atoms with Crippen molar-refractivity contribution < 1.29 is 13.2 Å². The normalized spacial score (nSPS) is 24.1. The van der Waals surface area contributed by atoms with Gasteiger partial charge in [-0.15, -0.1) is 23.1 Å². The molecule has 0 aromatic carbocycles. The number of thioether (sulfide) groups is 1. The number of amides is 1. The molecule has 1 saturated carbocycles. The number of carbonyl (C=O) groups excluding carboxylic acids is 1. The fourth-order valence-electron chi connectivity index (χ4n) is 3.52. The summed E-state index contributed by atoms with van der Waals surface area (Å²) in [4.78, 5) is 15.8. The molecule has 2 aliphatic rings. The van der Waals surface area contributed by atoms with Crippen molar-refractivity contribution in [3.05, 3.63) is 22.4 Å². The zero-order valence-corrected chi connectivity index (χ0v) is 16.3. The van der Waals surface area contributed by atoms with Crippen molar-refractivity contribution in [2.75, 3.05) is 17.3 Å². The van der Waals surface area contributed by atoms with Gasteiger partial charge in [-0.05, 0) is 30.7 Å². The van der Waals surface area contributed by atoms with Gasteiger partial charge in [-0.3, -0.25) is 4.79 Å². The second-order valence-corrected chi connectivity index (χ2v) is 11.3. The standard InChI is InChI=1S/C17H25NO3S3/c19-17(12-23-15-5-2-1-3-6-15)18(11-16-7-4-9-22-16)14-8-10-24(20,21)13-14/h4,7,9,14-15H,1-3,5-6,8,10-13H2. The minimum absolute atomic E-state index is 0.0982. The molecule has 2 heterocycles. The zero-order valence-electron chi connectivity index (χ0n) is 13.9. The molecule has 3 rings (SSSR count). The minimum atomic E-state index is -2.99. The molecule has 7 heteroatoms. The number of hydrogen-bond acceptors (Lipinski definition) is 5. The maximum absolute atomic E-state index is 12.8. The second kappa shape index (κ2) is 8.23. The second-order valence-electron chi connectivity index (χ2n) is 6.73. The van der Waals surface area contributed by atoms with Crippen LogP contribution in [0.25, 0.3) is 0 Å². The van der Waals surface area contributed by atoms with Crippen LogP contribution in [-0.2, 0) is 21.2 Å². The van der Waals surface area contributed by atoms with Crippen LogP contribution in [0, 0.1) is 0 Å². The molecule has 2 fully saturated rings. The zero-order chi connectivity index (χ0) is 17.0. The first kappa shape index (κ1) is 18.3. The van der Waals surface area contributed by atoms with Crippen molar-refractivity contribution in [2.24, 2.45) is 0 Å².